The summed E-state index contributed by atoms with van der Waals surface area (Å²) in [5, 5.41) is 8.87. The summed E-state index contributed by atoms with van der Waals surface area (Å²) in [6.07, 6.45) is -5.62. The Morgan fingerprint density at radius 3 is 2.25 bits per heavy atom. The maximum atomic E-state index is 14.0. The molecular formula is C10H14F4O2. The highest BCUT2D eigenvalue weighted by atomic mass is 19.4. The van der Waals surface area contributed by atoms with Gasteiger partial charge in [0.25, 0.3) is 0 Å². The number of carboxylic acid groups (broad SMARTS) is 1. The van der Waals surface area contributed by atoms with Crippen molar-refractivity contribution in [2.24, 2.45) is 11.3 Å². The van der Waals surface area contributed by atoms with E-state index in [1.54, 1.807) is 0 Å². The monoisotopic (exact) mass is 242 g/mol. The third kappa shape index (κ3) is 1.78. The second kappa shape index (κ2) is 3.60. The zero-order valence-corrected chi connectivity index (χ0v) is 9.07. The lowest BCUT2D eigenvalue weighted by Crippen LogP contribution is -2.51. The van der Waals surface area contributed by atoms with Gasteiger partial charge < -0.3 is 5.11 Å². The first-order valence-corrected chi connectivity index (χ1v) is 5.02. The van der Waals surface area contributed by atoms with Gasteiger partial charge in [-0.3, -0.25) is 4.79 Å². The van der Waals surface area contributed by atoms with Gasteiger partial charge in [-0.1, -0.05) is 0 Å². The fourth-order valence-corrected chi connectivity index (χ4v) is 2.39. The van der Waals surface area contributed by atoms with Crippen LogP contribution < -0.4 is 0 Å². The van der Waals surface area contributed by atoms with Crippen LogP contribution >= 0.6 is 0 Å². The quantitative estimate of drug-likeness (QED) is 0.755. The summed E-state index contributed by atoms with van der Waals surface area (Å²) in [6.45, 7) is 2.29. The van der Waals surface area contributed by atoms with Crippen LogP contribution in [0.4, 0.5) is 17.6 Å². The van der Waals surface area contributed by atoms with Gasteiger partial charge in [-0.15, -0.1) is 0 Å². The number of rotatable bonds is 2. The van der Waals surface area contributed by atoms with Crippen LogP contribution in [0.3, 0.4) is 0 Å². The van der Waals surface area contributed by atoms with Gasteiger partial charge in [-0.25, -0.2) is 4.39 Å². The molecule has 0 amide bonds. The predicted molar refractivity (Wildman–Crippen MR) is 48.7 cm³/mol. The summed E-state index contributed by atoms with van der Waals surface area (Å²) in [6, 6.07) is 0. The van der Waals surface area contributed by atoms with Crippen molar-refractivity contribution >= 4 is 5.97 Å². The molecule has 1 rings (SSSR count). The van der Waals surface area contributed by atoms with Crippen molar-refractivity contribution in [1.82, 2.24) is 0 Å². The van der Waals surface area contributed by atoms with Crippen molar-refractivity contribution in [2.75, 3.05) is 0 Å². The highest BCUT2D eigenvalue weighted by Gasteiger charge is 2.66. The molecule has 0 saturated heterocycles. The summed E-state index contributed by atoms with van der Waals surface area (Å²) < 4.78 is 51.8. The van der Waals surface area contributed by atoms with Gasteiger partial charge in [0.2, 0.25) is 5.67 Å². The number of carboxylic acids is 1. The number of hydrogen-bond acceptors (Lipinski definition) is 1. The first-order valence-electron chi connectivity index (χ1n) is 5.02. The molecule has 0 aromatic heterocycles. The van der Waals surface area contributed by atoms with Crippen LogP contribution in [-0.2, 0) is 4.79 Å². The minimum Gasteiger partial charge on any atom is -0.481 e. The topological polar surface area (TPSA) is 37.3 Å². The first kappa shape index (κ1) is 13.3. The number of halogens is 4. The van der Waals surface area contributed by atoms with Crippen LogP contribution in [0.15, 0.2) is 0 Å². The Balaban J connectivity index is 3.11. The van der Waals surface area contributed by atoms with E-state index in [0.717, 1.165) is 13.8 Å². The van der Waals surface area contributed by atoms with Crippen LogP contribution in [0.2, 0.25) is 0 Å². The molecule has 0 aliphatic heterocycles. The molecule has 0 aromatic carbocycles. The largest absolute Gasteiger partial charge is 0.481 e. The fourth-order valence-electron chi connectivity index (χ4n) is 2.39. The van der Waals surface area contributed by atoms with E-state index in [1.807, 2.05) is 0 Å². The minimum absolute atomic E-state index is 0.0463. The average molecular weight is 242 g/mol. The summed E-state index contributed by atoms with van der Waals surface area (Å²) in [7, 11) is 0. The summed E-state index contributed by atoms with van der Waals surface area (Å²) in [5.74, 6) is -2.91. The third-order valence-electron chi connectivity index (χ3n) is 3.48. The molecule has 2 nitrogen and oxygen atoms in total. The van der Waals surface area contributed by atoms with Gasteiger partial charge in [0.1, 0.15) is 0 Å². The van der Waals surface area contributed by atoms with E-state index in [2.05, 4.69) is 0 Å². The number of carbonyl (C=O) groups is 1. The van der Waals surface area contributed by atoms with Gasteiger partial charge in [0.15, 0.2) is 0 Å². The lowest BCUT2D eigenvalue weighted by atomic mass is 9.71. The molecule has 0 spiro atoms. The SMILES string of the molecule is CC(C)(C(=O)O)C1CCCC1(F)C(F)(F)F. The van der Waals surface area contributed by atoms with E-state index in [4.69, 9.17) is 5.11 Å². The Labute approximate surface area is 90.6 Å². The molecule has 1 N–H and O–H groups in total. The lowest BCUT2D eigenvalue weighted by molar-refractivity contribution is -0.252. The molecule has 94 valence electrons. The number of aliphatic carboxylic acids is 1. The van der Waals surface area contributed by atoms with E-state index in [1.165, 1.54) is 0 Å². The van der Waals surface area contributed by atoms with E-state index >= 15 is 0 Å². The van der Waals surface area contributed by atoms with Crippen molar-refractivity contribution in [1.29, 1.82) is 0 Å². The van der Waals surface area contributed by atoms with Gasteiger partial charge in [0.05, 0.1) is 5.41 Å². The molecule has 0 aromatic rings. The Kier molecular flexibility index (Phi) is 2.98. The van der Waals surface area contributed by atoms with Crippen LogP contribution in [0.5, 0.6) is 0 Å². The Morgan fingerprint density at radius 2 is 1.88 bits per heavy atom. The molecule has 1 fully saturated rings. The maximum Gasteiger partial charge on any atom is 0.422 e. The van der Waals surface area contributed by atoms with Crippen molar-refractivity contribution in [2.45, 2.75) is 45.0 Å². The Bertz CT molecular complexity index is 298. The molecule has 1 saturated carbocycles. The van der Waals surface area contributed by atoms with Crippen molar-refractivity contribution in [3.05, 3.63) is 0 Å². The summed E-state index contributed by atoms with van der Waals surface area (Å²) in [5.41, 5.74) is -5.07. The second-order valence-electron chi connectivity index (χ2n) is 4.83. The lowest BCUT2D eigenvalue weighted by Gasteiger charge is -2.37. The zero-order valence-electron chi connectivity index (χ0n) is 9.07. The molecule has 0 bridgehead atoms. The fraction of sp³-hybridized carbons (Fsp3) is 0.900. The average Bonchev–Trinajstić information content (AvgIpc) is 2.47. The summed E-state index contributed by atoms with van der Waals surface area (Å²) >= 11 is 0. The molecule has 0 radical (unpaired) electrons. The molecule has 1 aliphatic carbocycles. The molecule has 6 heteroatoms. The molecule has 0 heterocycles. The van der Waals surface area contributed by atoms with Gasteiger partial charge in [0, 0.05) is 5.92 Å². The number of alkyl halides is 4. The van der Waals surface area contributed by atoms with Gasteiger partial charge in [-0.2, -0.15) is 13.2 Å². The van der Waals surface area contributed by atoms with E-state index in [9.17, 15) is 22.4 Å². The van der Waals surface area contributed by atoms with E-state index in [0.29, 0.717) is 0 Å². The predicted octanol–water partition coefficient (Wildman–Crippen LogP) is 3.17. The van der Waals surface area contributed by atoms with E-state index < -0.39 is 35.6 Å². The van der Waals surface area contributed by atoms with Gasteiger partial charge >= 0.3 is 12.1 Å². The van der Waals surface area contributed by atoms with Crippen LogP contribution in [0.25, 0.3) is 0 Å². The Hall–Kier alpha value is -0.810. The van der Waals surface area contributed by atoms with Gasteiger partial charge in [-0.05, 0) is 33.1 Å². The molecule has 2 unspecified atom stereocenters. The second-order valence-corrected chi connectivity index (χ2v) is 4.83. The highest BCUT2D eigenvalue weighted by Crippen LogP contribution is 2.55. The maximum absolute atomic E-state index is 14.0. The zero-order chi connectivity index (χ0) is 12.8. The van der Waals surface area contributed by atoms with Crippen LogP contribution in [0.1, 0.15) is 33.1 Å². The minimum atomic E-state index is -5.00. The smallest absolute Gasteiger partial charge is 0.422 e. The first-order chi connectivity index (χ1) is 7.03. The molecule has 1 aliphatic rings. The van der Waals surface area contributed by atoms with Crippen molar-refractivity contribution < 1.29 is 27.5 Å². The highest BCUT2D eigenvalue weighted by molar-refractivity contribution is 5.74. The summed E-state index contributed by atoms with van der Waals surface area (Å²) in [4.78, 5) is 10.9. The standard InChI is InChI=1S/C10H14F4O2/c1-8(2,7(15)16)6-4-3-5-9(6,11)10(12,13)14/h6H,3-5H2,1-2H3,(H,15,16). The van der Waals surface area contributed by atoms with E-state index in [-0.39, 0.29) is 12.8 Å². The molecule has 16 heavy (non-hydrogen) atoms. The van der Waals surface area contributed by atoms with Crippen LogP contribution in [-0.4, -0.2) is 22.9 Å². The van der Waals surface area contributed by atoms with Crippen molar-refractivity contribution in [3.63, 3.8) is 0 Å². The number of hydrogen-bond donors (Lipinski definition) is 1. The van der Waals surface area contributed by atoms with Crippen molar-refractivity contribution in [3.8, 4) is 0 Å². The molecule has 2 atom stereocenters. The third-order valence-corrected chi connectivity index (χ3v) is 3.48. The molecular weight excluding hydrogens is 228 g/mol. The normalized spacial score (nSPS) is 31.8. The van der Waals surface area contributed by atoms with Crippen LogP contribution in [0, 0.1) is 11.3 Å². The Morgan fingerprint density at radius 1 is 1.38 bits per heavy atom.